The van der Waals surface area contributed by atoms with Crippen molar-refractivity contribution < 1.29 is 28.6 Å². The zero-order valence-corrected chi connectivity index (χ0v) is 40.4. The van der Waals surface area contributed by atoms with E-state index in [1.807, 2.05) is 12.2 Å². The van der Waals surface area contributed by atoms with Crippen LogP contribution in [0.3, 0.4) is 0 Å². The van der Waals surface area contributed by atoms with Gasteiger partial charge >= 0.3 is 17.9 Å². The lowest BCUT2D eigenvalue weighted by atomic mass is 10.0. The summed E-state index contributed by atoms with van der Waals surface area (Å²) in [4.78, 5) is 37.9. The Labute approximate surface area is 378 Å². The number of esters is 3. The molecule has 0 rings (SSSR count). The highest BCUT2D eigenvalue weighted by Crippen LogP contribution is 2.15. The van der Waals surface area contributed by atoms with Crippen molar-refractivity contribution in [3.05, 3.63) is 48.6 Å². The summed E-state index contributed by atoms with van der Waals surface area (Å²) in [7, 11) is 0. The molecular weight excluding hydrogens is 757 g/mol. The SMILES string of the molecule is CCCCCCCC/C=C/C/C=C/CCC(=O)OCC(COC(=O)CCCCCCCCCCCCCCCCCCC)OC(=O)CC/C=C/C/C=C/CCCCCCCC. The fraction of sp³-hybridized carbons (Fsp3) is 0.800. The average molecular weight is 855 g/mol. The number of carbonyl (C=O) groups excluding carboxylic acids is 3. The molecule has 0 N–H and O–H groups in total. The second-order valence-corrected chi connectivity index (χ2v) is 17.4. The molecule has 0 saturated heterocycles. The van der Waals surface area contributed by atoms with Crippen LogP contribution >= 0.6 is 0 Å². The van der Waals surface area contributed by atoms with Crippen molar-refractivity contribution >= 4 is 17.9 Å². The first-order chi connectivity index (χ1) is 30.0. The van der Waals surface area contributed by atoms with E-state index in [1.165, 1.54) is 167 Å². The minimum Gasteiger partial charge on any atom is -0.462 e. The van der Waals surface area contributed by atoms with Gasteiger partial charge in [0, 0.05) is 19.3 Å². The molecule has 1 atom stereocenters. The number of rotatable bonds is 47. The summed E-state index contributed by atoms with van der Waals surface area (Å²) in [6.45, 7) is 6.54. The third-order valence-electron chi connectivity index (χ3n) is 11.3. The molecule has 6 nitrogen and oxygen atoms in total. The molecule has 0 aliphatic heterocycles. The van der Waals surface area contributed by atoms with E-state index in [0.717, 1.165) is 44.9 Å². The maximum atomic E-state index is 12.7. The van der Waals surface area contributed by atoms with Crippen LogP contribution in [0, 0.1) is 0 Å². The van der Waals surface area contributed by atoms with Crippen molar-refractivity contribution in [1.29, 1.82) is 0 Å². The summed E-state index contributed by atoms with van der Waals surface area (Å²) in [5, 5.41) is 0. The average Bonchev–Trinajstić information content (AvgIpc) is 3.26. The van der Waals surface area contributed by atoms with Crippen LogP contribution in [0.4, 0.5) is 0 Å². The van der Waals surface area contributed by atoms with Gasteiger partial charge in [-0.1, -0.05) is 236 Å². The van der Waals surface area contributed by atoms with Gasteiger partial charge in [0.25, 0.3) is 0 Å². The lowest BCUT2D eigenvalue weighted by Crippen LogP contribution is -2.30. The van der Waals surface area contributed by atoms with E-state index in [2.05, 4.69) is 57.2 Å². The lowest BCUT2D eigenvalue weighted by Gasteiger charge is -2.18. The minimum absolute atomic E-state index is 0.110. The van der Waals surface area contributed by atoms with Gasteiger partial charge in [-0.25, -0.2) is 0 Å². The second kappa shape index (κ2) is 50.0. The molecule has 6 heteroatoms. The molecule has 0 radical (unpaired) electrons. The summed E-state index contributed by atoms with van der Waals surface area (Å²) in [6.07, 6.45) is 59.8. The van der Waals surface area contributed by atoms with E-state index in [-0.39, 0.29) is 44.0 Å². The molecule has 1 unspecified atom stereocenters. The van der Waals surface area contributed by atoms with Crippen molar-refractivity contribution in [3.63, 3.8) is 0 Å². The lowest BCUT2D eigenvalue weighted by molar-refractivity contribution is -0.166. The number of unbranched alkanes of at least 4 members (excludes halogenated alkanes) is 28. The molecule has 0 aromatic heterocycles. The topological polar surface area (TPSA) is 78.9 Å². The van der Waals surface area contributed by atoms with Crippen LogP contribution in [0.25, 0.3) is 0 Å². The monoisotopic (exact) mass is 855 g/mol. The first kappa shape index (κ1) is 58.4. The van der Waals surface area contributed by atoms with Crippen molar-refractivity contribution in [2.75, 3.05) is 13.2 Å². The number of hydrogen-bond donors (Lipinski definition) is 0. The third kappa shape index (κ3) is 48.3. The molecule has 0 aliphatic rings. The Morgan fingerprint density at radius 3 is 1.00 bits per heavy atom. The van der Waals surface area contributed by atoms with Crippen LogP contribution in [0.5, 0.6) is 0 Å². The highest BCUT2D eigenvalue weighted by atomic mass is 16.6. The van der Waals surface area contributed by atoms with E-state index in [9.17, 15) is 14.4 Å². The van der Waals surface area contributed by atoms with Gasteiger partial charge < -0.3 is 14.2 Å². The van der Waals surface area contributed by atoms with Gasteiger partial charge in [-0.15, -0.1) is 0 Å². The molecule has 0 bridgehead atoms. The van der Waals surface area contributed by atoms with Gasteiger partial charge in [0.15, 0.2) is 6.10 Å². The third-order valence-corrected chi connectivity index (χ3v) is 11.3. The molecular formula is C55H98O6. The zero-order chi connectivity index (χ0) is 44.4. The Bertz CT molecular complexity index is 1070. The Morgan fingerprint density at radius 1 is 0.328 bits per heavy atom. The first-order valence-electron chi connectivity index (χ1n) is 26.1. The van der Waals surface area contributed by atoms with Gasteiger partial charge in [-0.05, 0) is 57.8 Å². The van der Waals surface area contributed by atoms with Crippen molar-refractivity contribution in [2.45, 2.75) is 271 Å². The molecule has 0 spiro atoms. The van der Waals surface area contributed by atoms with E-state index in [1.54, 1.807) is 0 Å². The quantitative estimate of drug-likeness (QED) is 0.0263. The van der Waals surface area contributed by atoms with E-state index < -0.39 is 6.10 Å². The predicted octanol–water partition coefficient (Wildman–Crippen LogP) is 17.1. The second-order valence-electron chi connectivity index (χ2n) is 17.4. The molecule has 61 heavy (non-hydrogen) atoms. The predicted molar refractivity (Wildman–Crippen MR) is 261 cm³/mol. The summed E-state index contributed by atoms with van der Waals surface area (Å²) in [5.41, 5.74) is 0. The van der Waals surface area contributed by atoms with Crippen LogP contribution < -0.4 is 0 Å². The summed E-state index contributed by atoms with van der Waals surface area (Å²) in [6, 6.07) is 0. The summed E-state index contributed by atoms with van der Waals surface area (Å²) in [5.74, 6) is -1.04. The maximum Gasteiger partial charge on any atom is 0.306 e. The van der Waals surface area contributed by atoms with E-state index in [4.69, 9.17) is 14.2 Å². The Morgan fingerprint density at radius 2 is 0.623 bits per heavy atom. The van der Waals surface area contributed by atoms with Crippen molar-refractivity contribution in [3.8, 4) is 0 Å². The summed E-state index contributed by atoms with van der Waals surface area (Å²) >= 11 is 0. The molecule has 0 amide bonds. The van der Waals surface area contributed by atoms with E-state index >= 15 is 0 Å². The number of ether oxygens (including phenoxy) is 3. The molecule has 354 valence electrons. The number of hydrogen-bond acceptors (Lipinski definition) is 6. The minimum atomic E-state index is -0.822. The standard InChI is InChI=1S/C55H98O6/c1-4-7-10-13-16-19-22-25-26-27-28-31-33-36-39-42-45-48-54(57)60-51-52(61-55(58)49-46-43-40-37-34-30-24-21-18-15-12-9-6-3)50-59-53(56)47-44-41-38-35-32-29-23-20-17-14-11-8-5-2/h29-30,32,34,38,40-41,43,52H,4-28,31,33,35-37,39,42,44-51H2,1-3H3/b32-29+,34-30+,41-38+,43-40+. The zero-order valence-electron chi connectivity index (χ0n) is 40.4. The van der Waals surface area contributed by atoms with Gasteiger partial charge in [0.1, 0.15) is 13.2 Å². The van der Waals surface area contributed by atoms with Crippen LogP contribution in [-0.4, -0.2) is 37.2 Å². The van der Waals surface area contributed by atoms with Gasteiger partial charge in [-0.2, -0.15) is 0 Å². The number of carbonyl (C=O) groups is 3. The fourth-order valence-corrected chi connectivity index (χ4v) is 7.37. The van der Waals surface area contributed by atoms with Crippen LogP contribution in [0.2, 0.25) is 0 Å². The normalized spacial score (nSPS) is 12.4. The highest BCUT2D eigenvalue weighted by Gasteiger charge is 2.19. The van der Waals surface area contributed by atoms with Gasteiger partial charge in [0.2, 0.25) is 0 Å². The summed E-state index contributed by atoms with van der Waals surface area (Å²) < 4.78 is 16.7. The maximum absolute atomic E-state index is 12.7. The number of allylic oxidation sites excluding steroid dienone is 8. The molecule has 0 aromatic rings. The largest absolute Gasteiger partial charge is 0.462 e. The van der Waals surface area contributed by atoms with E-state index in [0.29, 0.717) is 19.3 Å². The molecule has 0 aliphatic carbocycles. The molecule has 0 saturated carbocycles. The van der Waals surface area contributed by atoms with Gasteiger partial charge in [0.05, 0.1) is 0 Å². The van der Waals surface area contributed by atoms with Crippen LogP contribution in [0.1, 0.15) is 265 Å². The smallest absolute Gasteiger partial charge is 0.306 e. The Kier molecular flexibility index (Phi) is 47.9. The highest BCUT2D eigenvalue weighted by molar-refractivity contribution is 5.71. The first-order valence-corrected chi connectivity index (χ1v) is 26.1. The fourth-order valence-electron chi connectivity index (χ4n) is 7.37. The van der Waals surface area contributed by atoms with Crippen molar-refractivity contribution in [1.82, 2.24) is 0 Å². The Balaban J connectivity index is 4.44. The van der Waals surface area contributed by atoms with Gasteiger partial charge in [-0.3, -0.25) is 14.4 Å². The Hall–Kier alpha value is -2.63. The molecule has 0 heterocycles. The molecule has 0 fully saturated rings. The molecule has 0 aromatic carbocycles. The van der Waals surface area contributed by atoms with Crippen molar-refractivity contribution in [2.24, 2.45) is 0 Å². The van der Waals surface area contributed by atoms with Crippen LogP contribution in [0.15, 0.2) is 48.6 Å². The van der Waals surface area contributed by atoms with Crippen LogP contribution in [-0.2, 0) is 28.6 Å².